The zero-order valence-corrected chi connectivity index (χ0v) is 11.0. The van der Waals surface area contributed by atoms with E-state index >= 15 is 0 Å². The average molecular weight is 279 g/mol. The fourth-order valence-corrected chi connectivity index (χ4v) is 1.78. The Morgan fingerprint density at radius 2 is 1.84 bits per heavy atom. The Balaban J connectivity index is 2.23. The third kappa shape index (κ3) is 3.12. The minimum Gasteiger partial charge on any atom is -0.319 e. The number of carbonyl (C=O) groups excluding carboxylic acids is 1. The second-order valence-electron chi connectivity index (χ2n) is 4.10. The summed E-state index contributed by atoms with van der Waals surface area (Å²) in [6.07, 6.45) is 0. The molecule has 2 nitrogen and oxygen atoms in total. The summed E-state index contributed by atoms with van der Waals surface area (Å²) in [6.45, 7) is 1.75. The van der Waals surface area contributed by atoms with E-state index < -0.39 is 17.5 Å². The normalized spacial score (nSPS) is 10.3. The third-order valence-electron chi connectivity index (χ3n) is 2.58. The van der Waals surface area contributed by atoms with E-state index in [4.69, 9.17) is 0 Å². The van der Waals surface area contributed by atoms with Gasteiger partial charge in [-0.25, -0.2) is 8.78 Å². The Morgan fingerprint density at radius 1 is 1.11 bits per heavy atom. The van der Waals surface area contributed by atoms with Gasteiger partial charge in [-0.05, 0) is 42.8 Å². The number of hydrogen-bond acceptors (Lipinski definition) is 2. The van der Waals surface area contributed by atoms with Gasteiger partial charge in [-0.15, -0.1) is 12.6 Å². The van der Waals surface area contributed by atoms with Gasteiger partial charge >= 0.3 is 0 Å². The summed E-state index contributed by atoms with van der Waals surface area (Å²) >= 11 is 3.89. The van der Waals surface area contributed by atoms with Crippen LogP contribution in [0, 0.1) is 18.6 Å². The fraction of sp³-hybridized carbons (Fsp3) is 0.0714. The number of rotatable bonds is 2. The molecular formula is C14H11F2NOS. The van der Waals surface area contributed by atoms with Crippen LogP contribution in [0.25, 0.3) is 0 Å². The molecule has 0 saturated carbocycles. The van der Waals surface area contributed by atoms with E-state index in [1.165, 1.54) is 24.3 Å². The van der Waals surface area contributed by atoms with Gasteiger partial charge in [0.1, 0.15) is 11.6 Å². The van der Waals surface area contributed by atoms with E-state index in [0.717, 1.165) is 11.6 Å². The molecule has 5 heteroatoms. The molecule has 2 aromatic carbocycles. The summed E-state index contributed by atoms with van der Waals surface area (Å²) in [5.74, 6) is -1.54. The second kappa shape index (κ2) is 5.40. The Bertz CT molecular complexity index is 643. The maximum absolute atomic E-state index is 13.6. The SMILES string of the molecule is Cc1ccc(NC(=O)c2ccc(F)c(S)c2)c(F)c1. The van der Waals surface area contributed by atoms with Crippen molar-refractivity contribution in [1.29, 1.82) is 0 Å². The number of amides is 1. The number of thiol groups is 1. The molecular weight excluding hydrogens is 268 g/mol. The molecule has 0 aliphatic rings. The second-order valence-corrected chi connectivity index (χ2v) is 4.59. The van der Waals surface area contributed by atoms with Crippen molar-refractivity contribution < 1.29 is 13.6 Å². The van der Waals surface area contributed by atoms with Crippen molar-refractivity contribution in [2.24, 2.45) is 0 Å². The van der Waals surface area contributed by atoms with Crippen molar-refractivity contribution in [1.82, 2.24) is 0 Å². The molecule has 2 rings (SSSR count). The van der Waals surface area contributed by atoms with Gasteiger partial charge in [0, 0.05) is 10.5 Å². The molecule has 0 heterocycles. The maximum Gasteiger partial charge on any atom is 0.255 e. The van der Waals surface area contributed by atoms with E-state index in [-0.39, 0.29) is 16.1 Å². The van der Waals surface area contributed by atoms with Crippen molar-refractivity contribution in [3.8, 4) is 0 Å². The molecule has 0 aliphatic carbocycles. The lowest BCUT2D eigenvalue weighted by Gasteiger charge is -2.07. The van der Waals surface area contributed by atoms with Crippen molar-refractivity contribution in [3.05, 3.63) is 59.2 Å². The van der Waals surface area contributed by atoms with Crippen LogP contribution in [0.5, 0.6) is 0 Å². The van der Waals surface area contributed by atoms with Crippen LogP contribution in [0.2, 0.25) is 0 Å². The van der Waals surface area contributed by atoms with E-state index in [2.05, 4.69) is 17.9 Å². The maximum atomic E-state index is 13.6. The van der Waals surface area contributed by atoms with Crippen LogP contribution in [-0.4, -0.2) is 5.91 Å². The highest BCUT2D eigenvalue weighted by molar-refractivity contribution is 7.80. The molecule has 19 heavy (non-hydrogen) atoms. The van der Waals surface area contributed by atoms with E-state index in [1.54, 1.807) is 13.0 Å². The number of halogens is 2. The largest absolute Gasteiger partial charge is 0.319 e. The lowest BCUT2D eigenvalue weighted by Crippen LogP contribution is -2.13. The molecule has 98 valence electrons. The lowest BCUT2D eigenvalue weighted by molar-refractivity contribution is 0.102. The zero-order chi connectivity index (χ0) is 14.0. The third-order valence-corrected chi connectivity index (χ3v) is 2.92. The quantitative estimate of drug-likeness (QED) is 0.804. The molecule has 1 amide bonds. The number of carbonyl (C=O) groups is 1. The Kier molecular flexibility index (Phi) is 3.85. The van der Waals surface area contributed by atoms with Crippen LogP contribution in [0.3, 0.4) is 0 Å². The first kappa shape index (κ1) is 13.5. The first-order valence-electron chi connectivity index (χ1n) is 5.53. The van der Waals surface area contributed by atoms with Gasteiger partial charge in [0.05, 0.1) is 5.69 Å². The molecule has 0 aliphatic heterocycles. The molecule has 0 aromatic heterocycles. The van der Waals surface area contributed by atoms with E-state index in [9.17, 15) is 13.6 Å². The van der Waals surface area contributed by atoms with Crippen LogP contribution < -0.4 is 5.32 Å². The monoisotopic (exact) mass is 279 g/mol. The molecule has 2 aromatic rings. The number of benzene rings is 2. The highest BCUT2D eigenvalue weighted by Gasteiger charge is 2.11. The summed E-state index contributed by atoms with van der Waals surface area (Å²) < 4.78 is 26.6. The molecule has 0 saturated heterocycles. The molecule has 1 N–H and O–H groups in total. The van der Waals surface area contributed by atoms with Crippen LogP contribution in [0.15, 0.2) is 41.3 Å². The van der Waals surface area contributed by atoms with E-state index in [0.29, 0.717) is 0 Å². The van der Waals surface area contributed by atoms with Crippen LogP contribution in [0.4, 0.5) is 14.5 Å². The van der Waals surface area contributed by atoms with Crippen molar-refractivity contribution in [2.45, 2.75) is 11.8 Å². The summed E-state index contributed by atoms with van der Waals surface area (Å²) in [7, 11) is 0. The molecule has 0 radical (unpaired) electrons. The number of anilines is 1. The van der Waals surface area contributed by atoms with Gasteiger partial charge in [0.15, 0.2) is 0 Å². The summed E-state index contributed by atoms with van der Waals surface area (Å²) in [5, 5.41) is 2.43. The first-order chi connectivity index (χ1) is 8.97. The predicted octanol–water partition coefficient (Wildman–Crippen LogP) is 3.81. The zero-order valence-electron chi connectivity index (χ0n) is 10.1. The smallest absolute Gasteiger partial charge is 0.255 e. The first-order valence-corrected chi connectivity index (χ1v) is 5.98. The summed E-state index contributed by atoms with van der Waals surface area (Å²) in [5.41, 5.74) is 1.06. The van der Waals surface area contributed by atoms with Crippen LogP contribution in [-0.2, 0) is 0 Å². The minimum absolute atomic E-state index is 0.0667. The van der Waals surface area contributed by atoms with Crippen molar-refractivity contribution >= 4 is 24.2 Å². The molecule has 0 atom stereocenters. The minimum atomic E-state index is -0.516. The topological polar surface area (TPSA) is 29.1 Å². The van der Waals surface area contributed by atoms with Crippen molar-refractivity contribution in [3.63, 3.8) is 0 Å². The molecule has 0 fully saturated rings. The van der Waals surface area contributed by atoms with Gasteiger partial charge in [-0.2, -0.15) is 0 Å². The fourth-order valence-electron chi connectivity index (χ4n) is 1.57. The summed E-state index contributed by atoms with van der Waals surface area (Å²) in [6, 6.07) is 8.24. The van der Waals surface area contributed by atoms with Crippen molar-refractivity contribution in [2.75, 3.05) is 5.32 Å². The Morgan fingerprint density at radius 3 is 2.47 bits per heavy atom. The van der Waals surface area contributed by atoms with Crippen LogP contribution >= 0.6 is 12.6 Å². The lowest BCUT2D eigenvalue weighted by atomic mass is 10.2. The summed E-state index contributed by atoms with van der Waals surface area (Å²) in [4.78, 5) is 11.9. The molecule has 0 spiro atoms. The number of nitrogens with one attached hydrogen (secondary N) is 1. The van der Waals surface area contributed by atoms with Gasteiger partial charge in [0.25, 0.3) is 5.91 Å². The highest BCUT2D eigenvalue weighted by Crippen LogP contribution is 2.18. The van der Waals surface area contributed by atoms with Gasteiger partial charge in [-0.3, -0.25) is 4.79 Å². The highest BCUT2D eigenvalue weighted by atomic mass is 32.1. The predicted molar refractivity (Wildman–Crippen MR) is 72.7 cm³/mol. The van der Waals surface area contributed by atoms with Gasteiger partial charge in [0.2, 0.25) is 0 Å². The average Bonchev–Trinajstić information content (AvgIpc) is 2.36. The van der Waals surface area contributed by atoms with E-state index in [1.807, 2.05) is 0 Å². The Labute approximate surface area is 114 Å². The van der Waals surface area contributed by atoms with Crippen LogP contribution in [0.1, 0.15) is 15.9 Å². The molecule has 0 bridgehead atoms. The van der Waals surface area contributed by atoms with Gasteiger partial charge < -0.3 is 5.32 Å². The standard InChI is InChI=1S/C14H11F2NOS/c1-8-2-5-12(11(16)6-8)17-14(18)9-3-4-10(15)13(19)7-9/h2-7,19H,1H3,(H,17,18). The molecule has 0 unspecified atom stereocenters. The number of aryl methyl sites for hydroxylation is 1. The number of hydrogen-bond donors (Lipinski definition) is 2. The Hall–Kier alpha value is -1.88. The van der Waals surface area contributed by atoms with Gasteiger partial charge in [-0.1, -0.05) is 6.07 Å².